The van der Waals surface area contributed by atoms with Crippen LogP contribution in [0.15, 0.2) is 0 Å². The van der Waals surface area contributed by atoms with E-state index < -0.39 is 5.60 Å². The minimum atomic E-state index is -0.519. The predicted molar refractivity (Wildman–Crippen MR) is 74.7 cm³/mol. The first kappa shape index (κ1) is 14.2. The van der Waals surface area contributed by atoms with Gasteiger partial charge in [-0.3, -0.25) is 0 Å². The van der Waals surface area contributed by atoms with E-state index in [1.54, 1.807) is 0 Å². The Morgan fingerprint density at radius 1 is 1.16 bits per heavy atom. The van der Waals surface area contributed by atoms with E-state index in [4.69, 9.17) is 10.5 Å². The molecular formula is C14H24N4O. The molecule has 5 nitrogen and oxygen atoms in total. The third-order valence-corrected chi connectivity index (χ3v) is 3.68. The molecule has 1 aliphatic carbocycles. The van der Waals surface area contributed by atoms with Crippen molar-refractivity contribution in [2.75, 3.05) is 12.3 Å². The van der Waals surface area contributed by atoms with Crippen LogP contribution >= 0.6 is 0 Å². The number of hydrogen-bond acceptors (Lipinski definition) is 5. The van der Waals surface area contributed by atoms with E-state index in [1.165, 1.54) is 19.3 Å². The number of aromatic nitrogens is 3. The zero-order chi connectivity index (χ0) is 13.9. The lowest BCUT2D eigenvalue weighted by atomic mass is 9.88. The van der Waals surface area contributed by atoms with E-state index in [9.17, 15) is 0 Å². The van der Waals surface area contributed by atoms with Gasteiger partial charge in [0.25, 0.3) is 0 Å². The Labute approximate surface area is 115 Å². The van der Waals surface area contributed by atoms with Crippen LogP contribution in [0.1, 0.15) is 70.4 Å². The van der Waals surface area contributed by atoms with E-state index in [0.717, 1.165) is 18.7 Å². The maximum Gasteiger partial charge on any atom is 0.223 e. The molecule has 0 spiro atoms. The summed E-state index contributed by atoms with van der Waals surface area (Å²) in [4.78, 5) is 13.2. The Balaban J connectivity index is 2.28. The van der Waals surface area contributed by atoms with Gasteiger partial charge in [0.2, 0.25) is 5.95 Å². The molecule has 0 unspecified atom stereocenters. The van der Waals surface area contributed by atoms with Gasteiger partial charge in [-0.2, -0.15) is 9.97 Å². The average molecular weight is 264 g/mol. The fraction of sp³-hybridized carbons (Fsp3) is 0.786. The normalized spacial score (nSPS) is 17.6. The molecule has 2 rings (SSSR count). The maximum atomic E-state index is 5.84. The van der Waals surface area contributed by atoms with E-state index in [2.05, 4.69) is 15.0 Å². The molecule has 0 saturated heterocycles. The Hall–Kier alpha value is -1.23. The molecule has 0 amide bonds. The van der Waals surface area contributed by atoms with Gasteiger partial charge in [0, 0.05) is 12.5 Å². The molecule has 1 aliphatic rings. The van der Waals surface area contributed by atoms with Crippen LogP contribution in [0, 0.1) is 0 Å². The van der Waals surface area contributed by atoms with Gasteiger partial charge < -0.3 is 10.5 Å². The lowest BCUT2D eigenvalue weighted by Crippen LogP contribution is -2.27. The summed E-state index contributed by atoms with van der Waals surface area (Å²) in [5.41, 5.74) is 5.32. The van der Waals surface area contributed by atoms with Gasteiger partial charge in [0.1, 0.15) is 11.4 Å². The molecule has 0 aromatic carbocycles. The molecule has 2 N–H and O–H groups in total. The molecule has 0 radical (unpaired) electrons. The standard InChI is InChI=1S/C14H24N4O/c1-4-19-14(2,3)12-16-11(17-13(15)18-12)10-8-6-5-7-9-10/h10H,4-9H2,1-3H3,(H2,15,16,17,18). The number of nitrogens with zero attached hydrogens (tertiary/aromatic N) is 3. The quantitative estimate of drug-likeness (QED) is 0.905. The summed E-state index contributed by atoms with van der Waals surface area (Å²) in [6.07, 6.45) is 6.12. The molecular weight excluding hydrogens is 240 g/mol. The van der Waals surface area contributed by atoms with Crippen LogP contribution in [0.5, 0.6) is 0 Å². The number of hydrogen-bond donors (Lipinski definition) is 1. The van der Waals surface area contributed by atoms with Crippen molar-refractivity contribution in [2.24, 2.45) is 0 Å². The molecule has 106 valence electrons. The molecule has 1 saturated carbocycles. The van der Waals surface area contributed by atoms with Crippen LogP contribution in [0.2, 0.25) is 0 Å². The minimum absolute atomic E-state index is 0.304. The van der Waals surface area contributed by atoms with E-state index in [0.29, 0.717) is 24.3 Å². The molecule has 1 heterocycles. The van der Waals surface area contributed by atoms with Crippen LogP contribution in [0.4, 0.5) is 5.95 Å². The third-order valence-electron chi connectivity index (χ3n) is 3.68. The molecule has 0 bridgehead atoms. The minimum Gasteiger partial charge on any atom is -0.368 e. The Bertz CT molecular complexity index is 427. The largest absolute Gasteiger partial charge is 0.368 e. The van der Waals surface area contributed by atoms with Gasteiger partial charge in [0.05, 0.1) is 0 Å². The fourth-order valence-electron chi connectivity index (χ4n) is 2.65. The highest BCUT2D eigenvalue weighted by Crippen LogP contribution is 2.32. The SMILES string of the molecule is CCOC(C)(C)c1nc(N)nc(C2CCCCC2)n1. The monoisotopic (exact) mass is 264 g/mol. The second-order valence-corrected chi connectivity index (χ2v) is 5.65. The summed E-state index contributed by atoms with van der Waals surface area (Å²) in [5, 5.41) is 0. The zero-order valence-electron chi connectivity index (χ0n) is 12.1. The summed E-state index contributed by atoms with van der Waals surface area (Å²) in [7, 11) is 0. The molecule has 0 atom stereocenters. The summed E-state index contributed by atoms with van der Waals surface area (Å²) in [5.74, 6) is 2.21. The Kier molecular flexibility index (Phi) is 4.34. The summed E-state index contributed by atoms with van der Waals surface area (Å²) in [6.45, 7) is 6.53. The van der Waals surface area contributed by atoms with E-state index in [1.807, 2.05) is 20.8 Å². The molecule has 0 aliphatic heterocycles. The topological polar surface area (TPSA) is 73.9 Å². The van der Waals surface area contributed by atoms with Crippen LogP contribution in [-0.2, 0) is 10.3 Å². The van der Waals surface area contributed by atoms with Crippen molar-refractivity contribution in [3.05, 3.63) is 11.6 Å². The zero-order valence-corrected chi connectivity index (χ0v) is 12.1. The number of anilines is 1. The lowest BCUT2D eigenvalue weighted by Gasteiger charge is -2.25. The van der Waals surface area contributed by atoms with Gasteiger partial charge in [-0.15, -0.1) is 0 Å². The van der Waals surface area contributed by atoms with Gasteiger partial charge in [-0.25, -0.2) is 4.98 Å². The average Bonchev–Trinajstić information content (AvgIpc) is 2.39. The Morgan fingerprint density at radius 3 is 2.47 bits per heavy atom. The first-order valence-corrected chi connectivity index (χ1v) is 7.19. The molecule has 1 aromatic rings. The van der Waals surface area contributed by atoms with Gasteiger partial charge in [-0.1, -0.05) is 19.3 Å². The van der Waals surface area contributed by atoms with Crippen LogP contribution in [0.25, 0.3) is 0 Å². The van der Waals surface area contributed by atoms with Crippen molar-refractivity contribution in [3.8, 4) is 0 Å². The van der Waals surface area contributed by atoms with Crippen LogP contribution < -0.4 is 5.73 Å². The number of rotatable bonds is 4. The first-order chi connectivity index (χ1) is 9.03. The molecule has 1 fully saturated rings. The van der Waals surface area contributed by atoms with E-state index in [-0.39, 0.29) is 0 Å². The van der Waals surface area contributed by atoms with Crippen molar-refractivity contribution in [1.82, 2.24) is 15.0 Å². The van der Waals surface area contributed by atoms with Crippen molar-refractivity contribution >= 4 is 5.95 Å². The van der Waals surface area contributed by atoms with Crippen LogP contribution in [-0.4, -0.2) is 21.6 Å². The van der Waals surface area contributed by atoms with Crippen molar-refractivity contribution in [3.63, 3.8) is 0 Å². The highest BCUT2D eigenvalue weighted by Gasteiger charge is 2.27. The fourth-order valence-corrected chi connectivity index (χ4v) is 2.65. The highest BCUT2D eigenvalue weighted by molar-refractivity contribution is 5.20. The Morgan fingerprint density at radius 2 is 1.84 bits per heavy atom. The summed E-state index contributed by atoms with van der Waals surface area (Å²) >= 11 is 0. The first-order valence-electron chi connectivity index (χ1n) is 7.19. The van der Waals surface area contributed by atoms with Crippen molar-refractivity contribution in [2.45, 2.75) is 64.4 Å². The van der Waals surface area contributed by atoms with Crippen molar-refractivity contribution < 1.29 is 4.74 Å². The summed E-state index contributed by atoms with van der Waals surface area (Å²) in [6, 6.07) is 0. The smallest absolute Gasteiger partial charge is 0.223 e. The number of nitrogens with two attached hydrogens (primary N) is 1. The van der Waals surface area contributed by atoms with Gasteiger partial charge in [-0.05, 0) is 33.6 Å². The molecule has 19 heavy (non-hydrogen) atoms. The lowest BCUT2D eigenvalue weighted by molar-refractivity contribution is -0.0211. The maximum absolute atomic E-state index is 5.84. The number of nitrogen functional groups attached to an aromatic ring is 1. The molecule has 5 heteroatoms. The molecule has 1 aromatic heterocycles. The van der Waals surface area contributed by atoms with Crippen molar-refractivity contribution in [1.29, 1.82) is 0 Å². The van der Waals surface area contributed by atoms with Crippen LogP contribution in [0.3, 0.4) is 0 Å². The van der Waals surface area contributed by atoms with Gasteiger partial charge >= 0.3 is 0 Å². The predicted octanol–water partition coefficient (Wildman–Crippen LogP) is 2.77. The van der Waals surface area contributed by atoms with E-state index >= 15 is 0 Å². The summed E-state index contributed by atoms with van der Waals surface area (Å²) < 4.78 is 5.70. The number of ether oxygens (including phenoxy) is 1. The second-order valence-electron chi connectivity index (χ2n) is 5.65. The third kappa shape index (κ3) is 3.41. The highest BCUT2D eigenvalue weighted by atomic mass is 16.5. The second kappa shape index (κ2) is 5.82. The van der Waals surface area contributed by atoms with Gasteiger partial charge in [0.15, 0.2) is 5.82 Å².